The Balaban J connectivity index is 2.24. The normalized spacial score (nSPS) is 19.4. The van der Waals surface area contributed by atoms with E-state index in [9.17, 15) is 4.79 Å². The van der Waals surface area contributed by atoms with Crippen LogP contribution in [-0.4, -0.2) is 42.1 Å². The van der Waals surface area contributed by atoms with Crippen molar-refractivity contribution >= 4 is 11.7 Å². The van der Waals surface area contributed by atoms with Crippen LogP contribution in [0, 0.1) is 0 Å². The van der Waals surface area contributed by atoms with Crippen LogP contribution in [0.3, 0.4) is 0 Å². The lowest BCUT2D eigenvalue weighted by Gasteiger charge is -2.21. The van der Waals surface area contributed by atoms with Gasteiger partial charge < -0.3 is 15.4 Å². The third kappa shape index (κ3) is 3.10. The molecule has 1 aliphatic heterocycles. The van der Waals surface area contributed by atoms with E-state index in [4.69, 9.17) is 10.5 Å². The Labute approximate surface area is 120 Å². The SMILES string of the molecule is COC1CCN(C(=O)c2cc(N)nc(C(C)(C)C)c2)C1. The zero-order chi connectivity index (χ0) is 14.9. The van der Waals surface area contributed by atoms with Crippen LogP contribution in [0.2, 0.25) is 0 Å². The molecule has 0 aromatic carbocycles. The highest BCUT2D eigenvalue weighted by Crippen LogP contribution is 2.24. The first-order chi connectivity index (χ1) is 9.31. The van der Waals surface area contributed by atoms with E-state index in [2.05, 4.69) is 25.8 Å². The summed E-state index contributed by atoms with van der Waals surface area (Å²) < 4.78 is 5.30. The van der Waals surface area contributed by atoms with Crippen LogP contribution in [-0.2, 0) is 10.2 Å². The van der Waals surface area contributed by atoms with Crippen LogP contribution < -0.4 is 5.73 Å². The largest absolute Gasteiger partial charge is 0.384 e. The smallest absolute Gasteiger partial charge is 0.254 e. The van der Waals surface area contributed by atoms with Gasteiger partial charge in [0, 0.05) is 36.9 Å². The molecule has 2 heterocycles. The second kappa shape index (κ2) is 5.40. The lowest BCUT2D eigenvalue weighted by Crippen LogP contribution is -2.30. The summed E-state index contributed by atoms with van der Waals surface area (Å²) in [6.45, 7) is 7.53. The van der Waals surface area contributed by atoms with Crippen LogP contribution in [0.15, 0.2) is 12.1 Å². The molecule has 1 unspecified atom stereocenters. The minimum Gasteiger partial charge on any atom is -0.384 e. The van der Waals surface area contributed by atoms with Gasteiger partial charge in [-0.15, -0.1) is 0 Å². The number of aromatic nitrogens is 1. The number of nitrogens with zero attached hydrogens (tertiary/aromatic N) is 2. The molecule has 0 spiro atoms. The predicted octanol–water partition coefficient (Wildman–Crippen LogP) is 1.82. The molecular weight excluding hydrogens is 254 g/mol. The van der Waals surface area contributed by atoms with E-state index in [0.29, 0.717) is 17.9 Å². The fourth-order valence-electron chi connectivity index (χ4n) is 2.35. The van der Waals surface area contributed by atoms with Crippen molar-refractivity contribution in [1.29, 1.82) is 0 Å². The van der Waals surface area contributed by atoms with Gasteiger partial charge in [0.1, 0.15) is 5.82 Å². The molecule has 0 radical (unpaired) electrons. The first kappa shape index (κ1) is 14.8. The van der Waals surface area contributed by atoms with Gasteiger partial charge in [-0.05, 0) is 18.6 Å². The summed E-state index contributed by atoms with van der Waals surface area (Å²) in [5, 5.41) is 0. The first-order valence-corrected chi connectivity index (χ1v) is 6.91. The van der Waals surface area contributed by atoms with Crippen LogP contribution in [0.25, 0.3) is 0 Å². The van der Waals surface area contributed by atoms with Crippen LogP contribution in [0.5, 0.6) is 0 Å². The number of anilines is 1. The highest BCUT2D eigenvalue weighted by atomic mass is 16.5. The molecule has 1 atom stereocenters. The molecule has 1 aromatic rings. The molecule has 0 bridgehead atoms. The number of ether oxygens (including phenoxy) is 1. The predicted molar refractivity (Wildman–Crippen MR) is 78.7 cm³/mol. The fraction of sp³-hybridized carbons (Fsp3) is 0.600. The highest BCUT2D eigenvalue weighted by Gasteiger charge is 2.28. The fourth-order valence-corrected chi connectivity index (χ4v) is 2.35. The average molecular weight is 277 g/mol. The summed E-state index contributed by atoms with van der Waals surface area (Å²) in [5.74, 6) is 0.396. The summed E-state index contributed by atoms with van der Waals surface area (Å²) in [6, 6.07) is 3.50. The lowest BCUT2D eigenvalue weighted by molar-refractivity contribution is 0.0724. The third-order valence-electron chi connectivity index (χ3n) is 3.63. The number of pyridine rings is 1. The molecule has 2 N–H and O–H groups in total. The number of carbonyl (C=O) groups is 1. The molecule has 1 fully saturated rings. The molecule has 110 valence electrons. The Morgan fingerprint density at radius 2 is 2.15 bits per heavy atom. The van der Waals surface area contributed by atoms with E-state index in [1.54, 1.807) is 13.2 Å². The molecule has 0 aliphatic carbocycles. The van der Waals surface area contributed by atoms with Crippen molar-refractivity contribution in [2.24, 2.45) is 0 Å². The van der Waals surface area contributed by atoms with E-state index in [0.717, 1.165) is 18.7 Å². The van der Waals surface area contributed by atoms with E-state index < -0.39 is 0 Å². The van der Waals surface area contributed by atoms with Gasteiger partial charge in [0.25, 0.3) is 5.91 Å². The van der Waals surface area contributed by atoms with E-state index in [1.165, 1.54) is 0 Å². The van der Waals surface area contributed by atoms with Crippen molar-refractivity contribution in [3.05, 3.63) is 23.4 Å². The van der Waals surface area contributed by atoms with Gasteiger partial charge in [-0.1, -0.05) is 20.8 Å². The molecule has 5 heteroatoms. The maximum atomic E-state index is 12.5. The Hall–Kier alpha value is -1.62. The quantitative estimate of drug-likeness (QED) is 0.895. The van der Waals surface area contributed by atoms with Crippen molar-refractivity contribution < 1.29 is 9.53 Å². The van der Waals surface area contributed by atoms with Gasteiger partial charge in [-0.3, -0.25) is 4.79 Å². The molecule has 1 amide bonds. The second-order valence-corrected chi connectivity index (χ2v) is 6.31. The standard InChI is InChI=1S/C15H23N3O2/c1-15(2,3)12-7-10(8-13(16)17-12)14(19)18-6-5-11(9-18)20-4/h7-8,11H,5-6,9H2,1-4H3,(H2,16,17). The summed E-state index contributed by atoms with van der Waals surface area (Å²) in [5.41, 5.74) is 7.15. The number of hydrogen-bond acceptors (Lipinski definition) is 4. The van der Waals surface area contributed by atoms with Crippen LogP contribution >= 0.6 is 0 Å². The highest BCUT2D eigenvalue weighted by molar-refractivity contribution is 5.95. The number of hydrogen-bond donors (Lipinski definition) is 1. The molecule has 5 nitrogen and oxygen atoms in total. The molecule has 1 saturated heterocycles. The lowest BCUT2D eigenvalue weighted by atomic mass is 9.90. The van der Waals surface area contributed by atoms with Crippen molar-refractivity contribution in [3.8, 4) is 0 Å². The maximum Gasteiger partial charge on any atom is 0.254 e. The maximum absolute atomic E-state index is 12.5. The minimum atomic E-state index is -0.134. The summed E-state index contributed by atoms with van der Waals surface area (Å²) in [4.78, 5) is 18.7. The van der Waals surface area contributed by atoms with Crippen molar-refractivity contribution in [2.75, 3.05) is 25.9 Å². The molecule has 1 aliphatic rings. The first-order valence-electron chi connectivity index (χ1n) is 6.91. The van der Waals surface area contributed by atoms with E-state index >= 15 is 0 Å². The monoisotopic (exact) mass is 277 g/mol. The van der Waals surface area contributed by atoms with Gasteiger partial charge >= 0.3 is 0 Å². The Morgan fingerprint density at radius 1 is 1.45 bits per heavy atom. The topological polar surface area (TPSA) is 68.5 Å². The number of rotatable bonds is 2. The number of methoxy groups -OCH3 is 1. The van der Waals surface area contributed by atoms with Crippen LogP contribution in [0.1, 0.15) is 43.2 Å². The minimum absolute atomic E-state index is 0.00384. The molecule has 20 heavy (non-hydrogen) atoms. The van der Waals surface area contributed by atoms with Crippen LogP contribution in [0.4, 0.5) is 5.82 Å². The zero-order valence-corrected chi connectivity index (χ0v) is 12.6. The number of carbonyl (C=O) groups excluding carboxylic acids is 1. The third-order valence-corrected chi connectivity index (χ3v) is 3.63. The molecule has 1 aromatic heterocycles. The molecule has 0 saturated carbocycles. The number of amides is 1. The van der Waals surface area contributed by atoms with Gasteiger partial charge in [-0.2, -0.15) is 0 Å². The van der Waals surface area contributed by atoms with E-state index in [1.807, 2.05) is 11.0 Å². The number of nitrogens with two attached hydrogens (primary N) is 1. The summed E-state index contributed by atoms with van der Waals surface area (Å²) >= 11 is 0. The van der Waals surface area contributed by atoms with E-state index in [-0.39, 0.29) is 17.4 Å². The zero-order valence-electron chi connectivity index (χ0n) is 12.6. The number of nitrogen functional groups attached to an aromatic ring is 1. The Morgan fingerprint density at radius 3 is 2.70 bits per heavy atom. The average Bonchev–Trinajstić information content (AvgIpc) is 2.84. The molecular formula is C15H23N3O2. The van der Waals surface area contributed by atoms with Gasteiger partial charge in [0.15, 0.2) is 0 Å². The van der Waals surface area contributed by atoms with Gasteiger partial charge in [0.05, 0.1) is 6.10 Å². The molecule has 2 rings (SSSR count). The Bertz CT molecular complexity index is 508. The van der Waals surface area contributed by atoms with Crippen molar-refractivity contribution in [2.45, 2.75) is 38.7 Å². The summed E-state index contributed by atoms with van der Waals surface area (Å²) in [7, 11) is 1.68. The van der Waals surface area contributed by atoms with Gasteiger partial charge in [-0.25, -0.2) is 4.98 Å². The Kier molecular flexibility index (Phi) is 3.99. The summed E-state index contributed by atoms with van der Waals surface area (Å²) in [6.07, 6.45) is 1.02. The van der Waals surface area contributed by atoms with Gasteiger partial charge in [0.2, 0.25) is 0 Å². The number of likely N-dealkylation sites (tertiary alicyclic amines) is 1. The second-order valence-electron chi connectivity index (χ2n) is 6.31. The van der Waals surface area contributed by atoms with Crippen molar-refractivity contribution in [3.63, 3.8) is 0 Å². The van der Waals surface area contributed by atoms with Crippen molar-refractivity contribution in [1.82, 2.24) is 9.88 Å².